The molecule has 3 heteroatoms. The monoisotopic (exact) mass is 222 g/mol. The minimum absolute atomic E-state index is 0.129. The molecule has 0 aliphatic heterocycles. The number of aryl methyl sites for hydroxylation is 1. The van der Waals surface area contributed by atoms with E-state index >= 15 is 0 Å². The van der Waals surface area contributed by atoms with Crippen LogP contribution in [0.1, 0.15) is 38.4 Å². The van der Waals surface area contributed by atoms with Gasteiger partial charge in [0.15, 0.2) is 0 Å². The normalized spacial score (nSPS) is 11.6. The second-order valence-corrected chi connectivity index (χ2v) is 4.68. The van der Waals surface area contributed by atoms with Gasteiger partial charge in [0.25, 0.3) is 0 Å². The Labute approximate surface area is 98.2 Å². The van der Waals surface area contributed by atoms with E-state index in [4.69, 9.17) is 4.74 Å². The Morgan fingerprint density at radius 1 is 1.44 bits per heavy atom. The van der Waals surface area contributed by atoms with Gasteiger partial charge in [-0.25, -0.2) is 0 Å². The van der Waals surface area contributed by atoms with Gasteiger partial charge in [-0.15, -0.1) is 0 Å². The molecular formula is C13H22N2O. The summed E-state index contributed by atoms with van der Waals surface area (Å²) in [4.78, 5) is 4.29. The van der Waals surface area contributed by atoms with Crippen LogP contribution in [0.25, 0.3) is 0 Å². The first-order chi connectivity index (χ1) is 7.48. The van der Waals surface area contributed by atoms with E-state index in [1.54, 1.807) is 0 Å². The standard InChI is InChI=1S/C13H22N2O/c1-6-13(3,4)16-12-7-10(2)15-9-11(12)8-14-5/h7,9,14H,6,8H2,1-5H3. The summed E-state index contributed by atoms with van der Waals surface area (Å²) in [6, 6.07) is 2.00. The zero-order valence-electron chi connectivity index (χ0n) is 10.9. The Kier molecular flexibility index (Phi) is 4.30. The van der Waals surface area contributed by atoms with Crippen molar-refractivity contribution in [2.45, 2.75) is 46.3 Å². The highest BCUT2D eigenvalue weighted by Gasteiger charge is 2.18. The number of nitrogens with zero attached hydrogens (tertiary/aromatic N) is 1. The van der Waals surface area contributed by atoms with Gasteiger partial charge in [-0.3, -0.25) is 4.98 Å². The molecule has 0 aliphatic rings. The van der Waals surface area contributed by atoms with E-state index in [0.717, 1.165) is 30.0 Å². The minimum atomic E-state index is -0.129. The van der Waals surface area contributed by atoms with Gasteiger partial charge in [-0.2, -0.15) is 0 Å². The third-order valence-corrected chi connectivity index (χ3v) is 2.69. The van der Waals surface area contributed by atoms with Crippen LogP contribution >= 0.6 is 0 Å². The predicted octanol–water partition coefficient (Wildman–Crippen LogP) is 2.68. The maximum Gasteiger partial charge on any atom is 0.127 e. The summed E-state index contributed by atoms with van der Waals surface area (Å²) in [6.07, 6.45) is 2.86. The Morgan fingerprint density at radius 2 is 2.12 bits per heavy atom. The maximum absolute atomic E-state index is 6.04. The van der Waals surface area contributed by atoms with E-state index in [-0.39, 0.29) is 5.60 Å². The zero-order valence-corrected chi connectivity index (χ0v) is 10.9. The van der Waals surface area contributed by atoms with Crippen molar-refractivity contribution in [1.29, 1.82) is 0 Å². The van der Waals surface area contributed by atoms with E-state index in [1.165, 1.54) is 0 Å². The molecule has 16 heavy (non-hydrogen) atoms. The van der Waals surface area contributed by atoms with Crippen LogP contribution in [0.15, 0.2) is 12.3 Å². The second-order valence-electron chi connectivity index (χ2n) is 4.68. The van der Waals surface area contributed by atoms with Crippen LogP contribution in [0.2, 0.25) is 0 Å². The van der Waals surface area contributed by atoms with Gasteiger partial charge in [-0.1, -0.05) is 6.92 Å². The molecule has 0 radical (unpaired) electrons. The lowest BCUT2D eigenvalue weighted by molar-refractivity contribution is 0.103. The molecule has 0 aromatic carbocycles. The molecule has 1 heterocycles. The highest BCUT2D eigenvalue weighted by Crippen LogP contribution is 2.25. The Balaban J connectivity index is 2.96. The van der Waals surface area contributed by atoms with Crippen LogP contribution in [0.3, 0.4) is 0 Å². The fourth-order valence-corrected chi connectivity index (χ4v) is 1.35. The molecule has 1 aromatic rings. The smallest absolute Gasteiger partial charge is 0.127 e. The number of hydrogen-bond acceptors (Lipinski definition) is 3. The molecule has 0 aliphatic carbocycles. The highest BCUT2D eigenvalue weighted by atomic mass is 16.5. The van der Waals surface area contributed by atoms with E-state index in [0.29, 0.717) is 0 Å². The summed E-state index contributed by atoms with van der Waals surface area (Å²) in [6.45, 7) is 9.10. The number of rotatable bonds is 5. The molecule has 1 aromatic heterocycles. The molecular weight excluding hydrogens is 200 g/mol. The number of pyridine rings is 1. The first-order valence-electron chi connectivity index (χ1n) is 5.77. The van der Waals surface area contributed by atoms with Crippen LogP contribution < -0.4 is 10.1 Å². The van der Waals surface area contributed by atoms with E-state index in [1.807, 2.05) is 26.2 Å². The Bertz CT molecular complexity index is 348. The Hall–Kier alpha value is -1.09. The van der Waals surface area contributed by atoms with Gasteiger partial charge >= 0.3 is 0 Å². The molecule has 0 unspecified atom stereocenters. The lowest BCUT2D eigenvalue weighted by Crippen LogP contribution is -2.27. The van der Waals surface area contributed by atoms with Crippen LogP contribution in [0.4, 0.5) is 0 Å². The molecule has 1 rings (SSSR count). The lowest BCUT2D eigenvalue weighted by Gasteiger charge is -2.26. The summed E-state index contributed by atoms with van der Waals surface area (Å²) in [5.74, 6) is 0.939. The van der Waals surface area contributed by atoms with Gasteiger partial charge in [0.05, 0.1) is 0 Å². The number of hydrogen-bond donors (Lipinski definition) is 1. The van der Waals surface area contributed by atoms with Crippen molar-refractivity contribution in [2.75, 3.05) is 7.05 Å². The number of ether oxygens (including phenoxy) is 1. The predicted molar refractivity (Wildman–Crippen MR) is 66.7 cm³/mol. The van der Waals surface area contributed by atoms with Crippen molar-refractivity contribution in [2.24, 2.45) is 0 Å². The third kappa shape index (κ3) is 3.49. The van der Waals surface area contributed by atoms with Crippen molar-refractivity contribution >= 4 is 0 Å². The SMILES string of the molecule is CCC(C)(C)Oc1cc(C)ncc1CNC. The molecule has 0 spiro atoms. The van der Waals surface area contributed by atoms with Crippen LogP contribution in [0.5, 0.6) is 5.75 Å². The molecule has 0 atom stereocenters. The fraction of sp³-hybridized carbons (Fsp3) is 0.615. The van der Waals surface area contributed by atoms with Crippen molar-refractivity contribution in [3.63, 3.8) is 0 Å². The summed E-state index contributed by atoms with van der Waals surface area (Å²) in [7, 11) is 1.93. The van der Waals surface area contributed by atoms with Crippen LogP contribution in [-0.2, 0) is 6.54 Å². The molecule has 0 fully saturated rings. The first-order valence-corrected chi connectivity index (χ1v) is 5.77. The topological polar surface area (TPSA) is 34.1 Å². The second kappa shape index (κ2) is 5.30. The van der Waals surface area contributed by atoms with Crippen molar-refractivity contribution < 1.29 is 4.74 Å². The summed E-state index contributed by atoms with van der Waals surface area (Å²) >= 11 is 0. The first kappa shape index (κ1) is 13.0. The van der Waals surface area contributed by atoms with Crippen molar-refractivity contribution in [3.8, 4) is 5.75 Å². The molecule has 0 saturated heterocycles. The highest BCUT2D eigenvalue weighted by molar-refractivity contribution is 5.33. The molecule has 1 N–H and O–H groups in total. The quantitative estimate of drug-likeness (QED) is 0.831. The molecule has 0 bridgehead atoms. The third-order valence-electron chi connectivity index (χ3n) is 2.69. The van der Waals surface area contributed by atoms with E-state index < -0.39 is 0 Å². The van der Waals surface area contributed by atoms with Gasteiger partial charge < -0.3 is 10.1 Å². The summed E-state index contributed by atoms with van der Waals surface area (Å²) in [5, 5.41) is 3.13. The summed E-state index contributed by atoms with van der Waals surface area (Å²) in [5.41, 5.74) is 1.97. The number of nitrogens with one attached hydrogen (secondary N) is 1. The van der Waals surface area contributed by atoms with Crippen molar-refractivity contribution in [3.05, 3.63) is 23.5 Å². The lowest BCUT2D eigenvalue weighted by atomic mass is 10.1. The van der Waals surface area contributed by atoms with Gasteiger partial charge in [0.1, 0.15) is 11.4 Å². The molecule has 0 amide bonds. The average Bonchev–Trinajstić information content (AvgIpc) is 2.22. The van der Waals surface area contributed by atoms with E-state index in [2.05, 4.69) is 31.1 Å². The van der Waals surface area contributed by atoms with Crippen LogP contribution in [0, 0.1) is 6.92 Å². The molecule has 90 valence electrons. The largest absolute Gasteiger partial charge is 0.487 e. The van der Waals surface area contributed by atoms with Gasteiger partial charge in [0, 0.05) is 30.1 Å². The van der Waals surface area contributed by atoms with E-state index in [9.17, 15) is 0 Å². The molecule has 0 saturated carbocycles. The molecule has 3 nitrogen and oxygen atoms in total. The average molecular weight is 222 g/mol. The fourth-order valence-electron chi connectivity index (χ4n) is 1.35. The van der Waals surface area contributed by atoms with Gasteiger partial charge in [0.2, 0.25) is 0 Å². The van der Waals surface area contributed by atoms with Crippen LogP contribution in [-0.4, -0.2) is 17.6 Å². The zero-order chi connectivity index (χ0) is 12.2. The van der Waals surface area contributed by atoms with Gasteiger partial charge in [-0.05, 0) is 34.2 Å². The summed E-state index contributed by atoms with van der Waals surface area (Å²) < 4.78 is 6.04. The van der Waals surface area contributed by atoms with Crippen molar-refractivity contribution in [1.82, 2.24) is 10.3 Å². The number of aromatic nitrogens is 1. The minimum Gasteiger partial charge on any atom is -0.487 e. The maximum atomic E-state index is 6.04. The Morgan fingerprint density at radius 3 is 2.69 bits per heavy atom.